The Labute approximate surface area is 102 Å². The van der Waals surface area contributed by atoms with Crippen molar-refractivity contribution in [2.45, 2.75) is 11.8 Å². The Morgan fingerprint density at radius 1 is 1.50 bits per heavy atom. The zero-order chi connectivity index (χ0) is 10.6. The molecule has 1 rings (SSSR count). The normalized spacial score (nSPS) is 12.5. The summed E-state index contributed by atoms with van der Waals surface area (Å²) in [5.74, 6) is 0.321. The van der Waals surface area contributed by atoms with Gasteiger partial charge in [-0.2, -0.15) is 0 Å². The second-order valence-electron chi connectivity index (χ2n) is 2.82. The van der Waals surface area contributed by atoms with Gasteiger partial charge in [-0.25, -0.2) is 0 Å². The molecule has 1 aromatic carbocycles. The number of alkyl halides is 2. The van der Waals surface area contributed by atoms with Crippen molar-refractivity contribution in [3.63, 3.8) is 0 Å². The van der Waals surface area contributed by atoms with E-state index in [9.17, 15) is 4.79 Å². The number of hydrogen-bond acceptors (Lipinski definition) is 1. The lowest BCUT2D eigenvalue weighted by Crippen LogP contribution is -2.15. The molecule has 0 saturated heterocycles. The van der Waals surface area contributed by atoms with Gasteiger partial charge in [0.2, 0.25) is 0 Å². The van der Waals surface area contributed by atoms with Gasteiger partial charge in [0.1, 0.15) is 0 Å². The van der Waals surface area contributed by atoms with E-state index < -0.39 is 5.38 Å². The highest BCUT2D eigenvalue weighted by Crippen LogP contribution is 2.16. The molecule has 0 heterocycles. The third-order valence-corrected chi connectivity index (χ3v) is 2.88. The van der Waals surface area contributed by atoms with Crippen LogP contribution in [0.15, 0.2) is 28.7 Å². The van der Waals surface area contributed by atoms with Crippen molar-refractivity contribution in [2.75, 3.05) is 5.88 Å². The number of carbonyl (C=O) groups excluding carboxylic acids is 1. The number of benzene rings is 1. The summed E-state index contributed by atoms with van der Waals surface area (Å²) in [7, 11) is 0. The molecular weight excluding hydrogens is 287 g/mol. The molecule has 0 aliphatic heterocycles. The van der Waals surface area contributed by atoms with Gasteiger partial charge in [0, 0.05) is 15.9 Å². The van der Waals surface area contributed by atoms with Crippen LogP contribution in [0.1, 0.15) is 16.8 Å². The van der Waals surface area contributed by atoms with E-state index in [2.05, 4.69) is 15.9 Å². The molecule has 0 spiro atoms. The van der Waals surface area contributed by atoms with Crippen LogP contribution in [0.4, 0.5) is 0 Å². The number of halogens is 3. The second kappa shape index (κ2) is 5.74. The van der Waals surface area contributed by atoms with Crippen molar-refractivity contribution >= 4 is 44.9 Å². The zero-order valence-corrected chi connectivity index (χ0v) is 10.4. The molecule has 0 saturated carbocycles. The fourth-order valence-electron chi connectivity index (χ4n) is 1.05. The Balaban J connectivity index is 2.78. The van der Waals surface area contributed by atoms with Crippen LogP contribution < -0.4 is 0 Å². The first-order valence-corrected chi connectivity index (χ1v) is 5.91. The first-order chi connectivity index (χ1) is 6.65. The highest BCUT2D eigenvalue weighted by molar-refractivity contribution is 9.10. The van der Waals surface area contributed by atoms with Gasteiger partial charge in [-0.1, -0.05) is 28.1 Å². The quantitative estimate of drug-likeness (QED) is 0.609. The summed E-state index contributed by atoms with van der Waals surface area (Å²) >= 11 is 14.7. The molecule has 1 nitrogen and oxygen atoms in total. The van der Waals surface area contributed by atoms with Gasteiger partial charge in [0.25, 0.3) is 0 Å². The van der Waals surface area contributed by atoms with Crippen molar-refractivity contribution in [3.05, 3.63) is 34.3 Å². The van der Waals surface area contributed by atoms with Gasteiger partial charge >= 0.3 is 0 Å². The molecule has 76 valence electrons. The minimum atomic E-state index is -0.526. The first-order valence-electron chi connectivity index (χ1n) is 4.15. The largest absolute Gasteiger partial charge is 0.293 e. The molecule has 0 aromatic heterocycles. The molecule has 0 aliphatic carbocycles. The molecule has 14 heavy (non-hydrogen) atoms. The molecule has 4 heteroatoms. The van der Waals surface area contributed by atoms with Crippen LogP contribution in [0.2, 0.25) is 0 Å². The average Bonchev–Trinajstić information content (AvgIpc) is 2.17. The zero-order valence-electron chi connectivity index (χ0n) is 7.34. The van der Waals surface area contributed by atoms with Crippen LogP contribution in [0.3, 0.4) is 0 Å². The average molecular weight is 296 g/mol. The molecule has 0 bridgehead atoms. The van der Waals surface area contributed by atoms with Crippen LogP contribution in [-0.2, 0) is 0 Å². The Bertz CT molecular complexity index is 328. The van der Waals surface area contributed by atoms with Gasteiger partial charge in [-0.3, -0.25) is 4.79 Å². The van der Waals surface area contributed by atoms with E-state index in [0.717, 1.165) is 4.47 Å². The highest BCUT2D eigenvalue weighted by atomic mass is 79.9. The summed E-state index contributed by atoms with van der Waals surface area (Å²) in [5.41, 5.74) is 0.615. The van der Waals surface area contributed by atoms with Gasteiger partial charge < -0.3 is 0 Å². The van der Waals surface area contributed by atoms with Crippen LogP contribution in [-0.4, -0.2) is 17.0 Å². The number of carbonyl (C=O) groups is 1. The Morgan fingerprint density at radius 2 is 2.21 bits per heavy atom. The topological polar surface area (TPSA) is 17.1 Å². The molecular formula is C10H9BrCl2O. The molecule has 0 N–H and O–H groups in total. The van der Waals surface area contributed by atoms with E-state index in [4.69, 9.17) is 23.2 Å². The maximum absolute atomic E-state index is 11.7. The Morgan fingerprint density at radius 3 is 2.79 bits per heavy atom. The number of hydrogen-bond donors (Lipinski definition) is 0. The lowest BCUT2D eigenvalue weighted by molar-refractivity contribution is 0.0986. The lowest BCUT2D eigenvalue weighted by atomic mass is 10.1. The van der Waals surface area contributed by atoms with E-state index in [0.29, 0.717) is 17.9 Å². The molecule has 0 aliphatic rings. The molecule has 0 amide bonds. The van der Waals surface area contributed by atoms with Gasteiger partial charge in [0.15, 0.2) is 5.78 Å². The van der Waals surface area contributed by atoms with Crippen LogP contribution in [0.5, 0.6) is 0 Å². The van der Waals surface area contributed by atoms with E-state index in [1.165, 1.54) is 0 Å². The van der Waals surface area contributed by atoms with Crippen molar-refractivity contribution in [1.82, 2.24) is 0 Å². The SMILES string of the molecule is O=C(c1cccc(Br)c1)C(Cl)CCCl. The van der Waals surface area contributed by atoms with Crippen molar-refractivity contribution < 1.29 is 4.79 Å². The minimum absolute atomic E-state index is 0.0754. The lowest BCUT2D eigenvalue weighted by Gasteiger charge is -2.06. The maximum Gasteiger partial charge on any atom is 0.180 e. The number of Topliss-reactive ketones (excluding diaryl/α,β-unsaturated/α-hetero) is 1. The Kier molecular flexibility index (Phi) is 4.93. The summed E-state index contributed by atoms with van der Waals surface area (Å²) in [6.07, 6.45) is 0.495. The fraction of sp³-hybridized carbons (Fsp3) is 0.300. The van der Waals surface area contributed by atoms with Crippen LogP contribution in [0, 0.1) is 0 Å². The van der Waals surface area contributed by atoms with Gasteiger partial charge in [-0.15, -0.1) is 23.2 Å². The minimum Gasteiger partial charge on any atom is -0.293 e. The number of rotatable bonds is 4. The fourth-order valence-corrected chi connectivity index (χ4v) is 2.01. The van der Waals surface area contributed by atoms with Crippen molar-refractivity contribution in [2.24, 2.45) is 0 Å². The second-order valence-corrected chi connectivity index (χ2v) is 4.64. The van der Waals surface area contributed by atoms with E-state index in [1.807, 2.05) is 12.1 Å². The molecule has 0 radical (unpaired) electrons. The predicted molar refractivity (Wildman–Crippen MR) is 63.5 cm³/mol. The van der Waals surface area contributed by atoms with Crippen molar-refractivity contribution in [3.8, 4) is 0 Å². The monoisotopic (exact) mass is 294 g/mol. The molecule has 0 fully saturated rings. The Hall–Kier alpha value is -0.0500. The smallest absolute Gasteiger partial charge is 0.180 e. The van der Waals surface area contributed by atoms with E-state index >= 15 is 0 Å². The van der Waals surface area contributed by atoms with E-state index in [-0.39, 0.29) is 5.78 Å². The summed E-state index contributed by atoms with van der Waals surface area (Å²) in [4.78, 5) is 11.7. The third-order valence-electron chi connectivity index (χ3n) is 1.76. The first kappa shape index (κ1) is 12.0. The number of ketones is 1. The molecule has 1 aromatic rings. The summed E-state index contributed by atoms with van der Waals surface area (Å²) in [5, 5.41) is -0.526. The maximum atomic E-state index is 11.7. The summed E-state index contributed by atoms with van der Waals surface area (Å²) in [6, 6.07) is 7.17. The van der Waals surface area contributed by atoms with E-state index in [1.54, 1.807) is 12.1 Å². The van der Waals surface area contributed by atoms with Crippen LogP contribution >= 0.6 is 39.1 Å². The van der Waals surface area contributed by atoms with Crippen LogP contribution in [0.25, 0.3) is 0 Å². The standard InChI is InChI=1S/C10H9BrCl2O/c11-8-3-1-2-7(6-8)10(14)9(13)4-5-12/h1-3,6,9H,4-5H2. The highest BCUT2D eigenvalue weighted by Gasteiger charge is 2.16. The predicted octanol–water partition coefficient (Wildman–Crippen LogP) is 3.87. The van der Waals surface area contributed by atoms with Crippen molar-refractivity contribution in [1.29, 1.82) is 0 Å². The van der Waals surface area contributed by atoms with Gasteiger partial charge in [0.05, 0.1) is 5.38 Å². The molecule has 1 unspecified atom stereocenters. The molecule has 1 atom stereocenters. The summed E-state index contributed by atoms with van der Waals surface area (Å²) in [6.45, 7) is 0. The summed E-state index contributed by atoms with van der Waals surface area (Å²) < 4.78 is 0.873. The third kappa shape index (κ3) is 3.26. The van der Waals surface area contributed by atoms with Gasteiger partial charge in [-0.05, 0) is 18.6 Å².